The Morgan fingerprint density at radius 1 is 1.03 bits per heavy atom. The Morgan fingerprint density at radius 2 is 1.84 bits per heavy atom. The molecule has 2 aliphatic rings. The molecule has 8 heteroatoms. The summed E-state index contributed by atoms with van der Waals surface area (Å²) >= 11 is 0. The van der Waals surface area contributed by atoms with E-state index in [9.17, 15) is 4.79 Å². The van der Waals surface area contributed by atoms with Gasteiger partial charge in [0.05, 0.1) is 39.1 Å². The fourth-order valence-electron chi connectivity index (χ4n) is 3.75. The van der Waals surface area contributed by atoms with Crippen LogP contribution in [0, 0.1) is 0 Å². The molecular formula is C23H25NO7. The van der Waals surface area contributed by atoms with E-state index in [1.54, 1.807) is 38.5 Å². The predicted molar refractivity (Wildman–Crippen MR) is 113 cm³/mol. The van der Waals surface area contributed by atoms with E-state index in [0.29, 0.717) is 54.0 Å². The quantitative estimate of drug-likeness (QED) is 0.624. The van der Waals surface area contributed by atoms with Crippen LogP contribution in [0.15, 0.2) is 30.0 Å². The lowest BCUT2D eigenvalue weighted by molar-refractivity contribution is 0.0646. The number of fused-ring (bicyclic) bond motifs is 3. The molecule has 2 aromatic carbocycles. The van der Waals surface area contributed by atoms with Crippen LogP contribution >= 0.6 is 0 Å². The first-order chi connectivity index (χ1) is 15.1. The molecule has 0 radical (unpaired) electrons. The second-order valence-electron chi connectivity index (χ2n) is 7.10. The minimum absolute atomic E-state index is 0.191. The van der Waals surface area contributed by atoms with E-state index in [-0.39, 0.29) is 11.5 Å². The molecule has 31 heavy (non-hydrogen) atoms. The molecule has 164 valence electrons. The van der Waals surface area contributed by atoms with Gasteiger partial charge in [0.25, 0.3) is 0 Å². The zero-order chi connectivity index (χ0) is 22.0. The molecule has 0 unspecified atom stereocenters. The predicted octanol–water partition coefficient (Wildman–Crippen LogP) is 3.13. The molecule has 4 rings (SSSR count). The lowest BCUT2D eigenvalue weighted by Gasteiger charge is -2.29. The van der Waals surface area contributed by atoms with Crippen LogP contribution in [0.4, 0.5) is 0 Å². The van der Waals surface area contributed by atoms with Crippen molar-refractivity contribution in [3.63, 3.8) is 0 Å². The molecule has 0 aliphatic carbocycles. The van der Waals surface area contributed by atoms with Gasteiger partial charge in [-0.1, -0.05) is 0 Å². The van der Waals surface area contributed by atoms with E-state index in [0.717, 1.165) is 17.9 Å². The summed E-state index contributed by atoms with van der Waals surface area (Å²) < 4.78 is 33.3. The summed E-state index contributed by atoms with van der Waals surface area (Å²) in [5.41, 5.74) is 2.01. The number of hydrogen-bond donors (Lipinski definition) is 0. The average molecular weight is 427 g/mol. The van der Waals surface area contributed by atoms with E-state index in [4.69, 9.17) is 28.4 Å². The van der Waals surface area contributed by atoms with E-state index in [1.165, 1.54) is 14.2 Å². The molecule has 0 aromatic heterocycles. The van der Waals surface area contributed by atoms with Crippen LogP contribution in [0.5, 0.6) is 28.7 Å². The van der Waals surface area contributed by atoms with Gasteiger partial charge in [-0.15, -0.1) is 0 Å². The molecule has 2 aliphatic heterocycles. The average Bonchev–Trinajstić information content (AvgIpc) is 3.12. The van der Waals surface area contributed by atoms with Gasteiger partial charge in [-0.2, -0.15) is 0 Å². The van der Waals surface area contributed by atoms with Crippen LogP contribution < -0.4 is 23.7 Å². The molecule has 0 bridgehead atoms. The van der Waals surface area contributed by atoms with Crippen molar-refractivity contribution in [2.45, 2.75) is 6.54 Å². The Kier molecular flexibility index (Phi) is 6.01. The van der Waals surface area contributed by atoms with Crippen molar-refractivity contribution >= 4 is 11.9 Å². The summed E-state index contributed by atoms with van der Waals surface area (Å²) in [7, 11) is 6.29. The zero-order valence-corrected chi connectivity index (χ0v) is 18.0. The number of ketones is 1. The van der Waals surface area contributed by atoms with Crippen LogP contribution in [0.2, 0.25) is 0 Å². The number of allylic oxidation sites excluding steroid dienone is 1. The maximum Gasteiger partial charge on any atom is 0.231 e. The SMILES string of the molecule is COCCN1COc2ccc3c(c2C1)OC(=Cc1ccc(OC)c(OC)c1OC)C3=O. The van der Waals surface area contributed by atoms with Gasteiger partial charge < -0.3 is 28.4 Å². The first-order valence-corrected chi connectivity index (χ1v) is 9.84. The first-order valence-electron chi connectivity index (χ1n) is 9.84. The molecule has 0 saturated heterocycles. The van der Waals surface area contributed by atoms with E-state index in [2.05, 4.69) is 4.90 Å². The van der Waals surface area contributed by atoms with Gasteiger partial charge in [-0.3, -0.25) is 9.69 Å². The second-order valence-corrected chi connectivity index (χ2v) is 7.10. The summed E-state index contributed by atoms with van der Waals surface area (Å²) in [4.78, 5) is 15.1. The molecule has 0 saturated carbocycles. The van der Waals surface area contributed by atoms with E-state index < -0.39 is 0 Å². The topological polar surface area (TPSA) is 75.7 Å². The van der Waals surface area contributed by atoms with Gasteiger partial charge in [-0.25, -0.2) is 0 Å². The Bertz CT molecular complexity index is 1030. The highest BCUT2D eigenvalue weighted by molar-refractivity contribution is 6.15. The van der Waals surface area contributed by atoms with Gasteiger partial charge in [0, 0.05) is 25.8 Å². The summed E-state index contributed by atoms with van der Waals surface area (Å²) in [5, 5.41) is 0. The zero-order valence-electron chi connectivity index (χ0n) is 18.0. The summed E-state index contributed by atoms with van der Waals surface area (Å²) in [6.45, 7) is 2.40. The van der Waals surface area contributed by atoms with Crippen molar-refractivity contribution in [1.29, 1.82) is 0 Å². The van der Waals surface area contributed by atoms with Crippen LogP contribution in [-0.4, -0.2) is 59.0 Å². The van der Waals surface area contributed by atoms with Crippen molar-refractivity contribution in [1.82, 2.24) is 4.90 Å². The molecule has 8 nitrogen and oxygen atoms in total. The number of methoxy groups -OCH3 is 4. The third-order valence-electron chi connectivity index (χ3n) is 5.32. The van der Waals surface area contributed by atoms with Gasteiger partial charge in [0.2, 0.25) is 11.5 Å². The third kappa shape index (κ3) is 3.80. The highest BCUT2D eigenvalue weighted by atomic mass is 16.5. The number of nitrogens with zero attached hydrogens (tertiary/aromatic N) is 1. The molecular weight excluding hydrogens is 402 g/mol. The number of rotatable bonds is 7. The number of ether oxygens (including phenoxy) is 6. The summed E-state index contributed by atoms with van der Waals surface area (Å²) in [6.07, 6.45) is 1.65. The Labute approximate surface area is 180 Å². The second kappa shape index (κ2) is 8.87. The van der Waals surface area contributed by atoms with Gasteiger partial charge in [0.15, 0.2) is 17.3 Å². The Balaban J connectivity index is 1.69. The standard InChI is InChI=1S/C23H25NO7/c1-26-10-9-24-12-16-17(30-13-24)8-6-15-20(25)19(31-22(15)16)11-14-5-7-18(27-2)23(29-4)21(14)28-3/h5-8,11H,9-10,12-13H2,1-4H3. The van der Waals surface area contributed by atoms with Crippen molar-refractivity contribution in [3.8, 4) is 28.7 Å². The lowest BCUT2D eigenvalue weighted by Crippen LogP contribution is -2.34. The van der Waals surface area contributed by atoms with Gasteiger partial charge in [-0.05, 0) is 30.3 Å². The van der Waals surface area contributed by atoms with Crippen molar-refractivity contribution in [3.05, 3.63) is 46.7 Å². The summed E-state index contributed by atoms with van der Waals surface area (Å²) in [5.74, 6) is 2.72. The maximum atomic E-state index is 13.1. The van der Waals surface area contributed by atoms with Crippen LogP contribution in [0.25, 0.3) is 6.08 Å². The normalized spacial score (nSPS) is 16.4. The molecule has 2 aromatic rings. The number of carbonyl (C=O) groups excluding carboxylic acids is 1. The fourth-order valence-corrected chi connectivity index (χ4v) is 3.75. The molecule has 0 atom stereocenters. The van der Waals surface area contributed by atoms with E-state index >= 15 is 0 Å². The Hall–Kier alpha value is -3.23. The molecule has 2 heterocycles. The maximum absolute atomic E-state index is 13.1. The minimum atomic E-state index is -0.191. The van der Waals surface area contributed by atoms with E-state index in [1.807, 2.05) is 6.07 Å². The van der Waals surface area contributed by atoms with Crippen molar-refractivity contribution in [2.24, 2.45) is 0 Å². The number of Topliss-reactive ketones (excluding diaryl/α,β-unsaturated/α-hetero) is 1. The summed E-state index contributed by atoms with van der Waals surface area (Å²) in [6, 6.07) is 7.11. The highest BCUT2D eigenvalue weighted by Gasteiger charge is 2.34. The van der Waals surface area contributed by atoms with Gasteiger partial charge >= 0.3 is 0 Å². The molecule has 0 spiro atoms. The molecule has 0 fully saturated rings. The van der Waals surface area contributed by atoms with Crippen LogP contribution in [0.1, 0.15) is 21.5 Å². The monoisotopic (exact) mass is 427 g/mol. The van der Waals surface area contributed by atoms with Gasteiger partial charge in [0.1, 0.15) is 18.2 Å². The van der Waals surface area contributed by atoms with Crippen LogP contribution in [0.3, 0.4) is 0 Å². The fraction of sp³-hybridized carbons (Fsp3) is 0.348. The number of benzene rings is 2. The smallest absolute Gasteiger partial charge is 0.231 e. The number of carbonyl (C=O) groups is 1. The first kappa shape index (κ1) is 21.0. The molecule has 0 N–H and O–H groups in total. The number of hydrogen-bond acceptors (Lipinski definition) is 8. The van der Waals surface area contributed by atoms with Crippen LogP contribution in [-0.2, 0) is 11.3 Å². The Morgan fingerprint density at radius 3 is 2.55 bits per heavy atom. The van der Waals surface area contributed by atoms with Crippen molar-refractivity contribution < 1.29 is 33.2 Å². The molecule has 0 amide bonds. The lowest BCUT2D eigenvalue weighted by atomic mass is 10.0. The third-order valence-corrected chi connectivity index (χ3v) is 5.32. The van der Waals surface area contributed by atoms with Crippen molar-refractivity contribution in [2.75, 3.05) is 48.3 Å². The minimum Gasteiger partial charge on any atom is -0.493 e. The largest absolute Gasteiger partial charge is 0.493 e. The highest BCUT2D eigenvalue weighted by Crippen LogP contribution is 2.44.